The number of hydrogen-bond donors (Lipinski definition) is 3. The second-order valence-electron chi connectivity index (χ2n) is 7.51. The minimum atomic E-state index is -5.14. The maximum Gasteiger partial charge on any atom is 0.418 e. The van der Waals surface area contributed by atoms with Gasteiger partial charge in [-0.25, -0.2) is 22.3 Å². The number of anilines is 2. The van der Waals surface area contributed by atoms with Crippen molar-refractivity contribution in [2.75, 3.05) is 17.7 Å². The summed E-state index contributed by atoms with van der Waals surface area (Å²) in [4.78, 5) is 25.2. The molecule has 0 aliphatic heterocycles. The summed E-state index contributed by atoms with van der Waals surface area (Å²) in [5.41, 5.74) is -3.58. The Labute approximate surface area is 215 Å². The van der Waals surface area contributed by atoms with Crippen LogP contribution in [-0.2, 0) is 16.2 Å². The summed E-state index contributed by atoms with van der Waals surface area (Å²) < 4.78 is 83.4. The number of halogens is 5. The Hall–Kier alpha value is -3.62. The average Bonchev–Trinajstić information content (AvgIpc) is 3.25. The minimum Gasteiger partial charge on any atom is -0.388 e. The van der Waals surface area contributed by atoms with Gasteiger partial charge in [0.2, 0.25) is 0 Å². The molecule has 0 fully saturated rings. The quantitative estimate of drug-likeness (QED) is 0.276. The number of amides is 2. The van der Waals surface area contributed by atoms with Gasteiger partial charge in [-0.15, -0.1) is 11.3 Å². The molecule has 37 heavy (non-hydrogen) atoms. The first-order valence-electron chi connectivity index (χ1n) is 10.1. The number of nitrogens with zero attached hydrogens (tertiary/aromatic N) is 1. The van der Waals surface area contributed by atoms with Gasteiger partial charge in [0.1, 0.15) is 10.0 Å². The zero-order valence-electron chi connectivity index (χ0n) is 18.5. The van der Waals surface area contributed by atoms with E-state index < -0.39 is 50.5 Å². The van der Waals surface area contributed by atoms with Gasteiger partial charge in [0, 0.05) is 30.0 Å². The van der Waals surface area contributed by atoms with E-state index in [1.54, 1.807) is 23.9 Å². The van der Waals surface area contributed by atoms with Crippen LogP contribution in [0.15, 0.2) is 63.7 Å². The summed E-state index contributed by atoms with van der Waals surface area (Å²) in [6.45, 7) is 0. The standard InChI is InChI=1S/C22H15ClF4N4O4S2/c1-28-12-2-3-14-11(8-12)6-7-31(20(14)32)19-15(22(25,26)27)9-13(10-16(19)24)29-21(33)30-37(34,35)18-5-4-17(23)36-18/h2-10,28H,1H3,(H2,29,30,33). The first kappa shape index (κ1) is 26.4. The van der Waals surface area contributed by atoms with Crippen LogP contribution in [-0.4, -0.2) is 26.1 Å². The number of carbonyl (C=O) groups is 1. The molecule has 0 saturated heterocycles. The van der Waals surface area contributed by atoms with Crippen molar-refractivity contribution in [2.45, 2.75) is 10.4 Å². The van der Waals surface area contributed by atoms with Crippen LogP contribution in [0.3, 0.4) is 0 Å². The molecule has 0 spiro atoms. The molecule has 4 aromatic rings. The van der Waals surface area contributed by atoms with E-state index >= 15 is 4.39 Å². The predicted molar refractivity (Wildman–Crippen MR) is 133 cm³/mol. The number of fused-ring (bicyclic) bond motifs is 1. The third-order valence-electron chi connectivity index (χ3n) is 5.10. The number of benzene rings is 2. The SMILES string of the molecule is CNc1ccc2c(=O)n(-c3c(F)cc(NC(=O)NS(=O)(=O)c4ccc(Cl)s4)cc3C(F)(F)F)ccc2c1. The van der Waals surface area contributed by atoms with Gasteiger partial charge in [-0.1, -0.05) is 11.6 Å². The number of sulfonamides is 1. The molecule has 0 bridgehead atoms. The van der Waals surface area contributed by atoms with E-state index in [-0.39, 0.29) is 13.9 Å². The monoisotopic (exact) mass is 574 g/mol. The highest BCUT2D eigenvalue weighted by molar-refractivity contribution is 7.92. The highest BCUT2D eigenvalue weighted by Gasteiger charge is 2.37. The molecule has 0 radical (unpaired) electrons. The maximum atomic E-state index is 15.1. The number of alkyl halides is 3. The lowest BCUT2D eigenvalue weighted by molar-refractivity contribution is -0.137. The number of aromatic nitrogens is 1. The zero-order chi connectivity index (χ0) is 27.1. The third-order valence-corrected chi connectivity index (χ3v) is 8.15. The Bertz CT molecular complexity index is 1700. The highest BCUT2D eigenvalue weighted by atomic mass is 35.5. The van der Waals surface area contributed by atoms with Crippen molar-refractivity contribution in [3.05, 3.63) is 80.8 Å². The van der Waals surface area contributed by atoms with Gasteiger partial charge >= 0.3 is 12.2 Å². The van der Waals surface area contributed by atoms with Crippen molar-refractivity contribution in [2.24, 2.45) is 0 Å². The Morgan fingerprint density at radius 3 is 2.41 bits per heavy atom. The van der Waals surface area contributed by atoms with Gasteiger partial charge in [-0.05, 0) is 53.9 Å². The van der Waals surface area contributed by atoms with E-state index in [0.29, 0.717) is 39.1 Å². The topological polar surface area (TPSA) is 109 Å². The van der Waals surface area contributed by atoms with Crippen molar-refractivity contribution in [1.29, 1.82) is 0 Å². The van der Waals surface area contributed by atoms with Crippen LogP contribution in [0.25, 0.3) is 16.5 Å². The largest absolute Gasteiger partial charge is 0.418 e. The molecule has 2 heterocycles. The van der Waals surface area contributed by atoms with Gasteiger partial charge in [0.15, 0.2) is 0 Å². The molecule has 15 heteroatoms. The Morgan fingerprint density at radius 2 is 1.78 bits per heavy atom. The normalized spacial score (nSPS) is 11.9. The van der Waals surface area contributed by atoms with E-state index in [2.05, 4.69) is 5.32 Å². The first-order valence-corrected chi connectivity index (χ1v) is 12.8. The summed E-state index contributed by atoms with van der Waals surface area (Å²) in [6.07, 6.45) is -4.13. The van der Waals surface area contributed by atoms with Crippen molar-refractivity contribution < 1.29 is 30.8 Å². The second-order valence-corrected chi connectivity index (χ2v) is 11.1. The van der Waals surface area contributed by atoms with E-state index in [9.17, 15) is 31.2 Å². The van der Waals surface area contributed by atoms with Gasteiger partial charge in [-0.3, -0.25) is 9.36 Å². The van der Waals surface area contributed by atoms with Crippen molar-refractivity contribution in [3.8, 4) is 5.69 Å². The molecule has 3 N–H and O–H groups in total. The van der Waals surface area contributed by atoms with Gasteiger partial charge in [-0.2, -0.15) is 13.2 Å². The number of hydrogen-bond acceptors (Lipinski definition) is 6. The lowest BCUT2D eigenvalue weighted by Crippen LogP contribution is -2.34. The molecular formula is C22H15ClF4N4O4S2. The minimum absolute atomic E-state index is 0.0505. The number of rotatable bonds is 5. The number of urea groups is 1. The number of carbonyl (C=O) groups excluding carboxylic acids is 1. The fourth-order valence-corrected chi connectivity index (χ4v) is 5.87. The zero-order valence-corrected chi connectivity index (χ0v) is 20.9. The molecule has 0 unspecified atom stereocenters. The molecule has 8 nitrogen and oxygen atoms in total. The van der Waals surface area contributed by atoms with E-state index in [1.165, 1.54) is 18.2 Å². The molecule has 2 amide bonds. The number of nitrogens with one attached hydrogen (secondary N) is 3. The summed E-state index contributed by atoms with van der Waals surface area (Å²) in [7, 11) is -2.73. The van der Waals surface area contributed by atoms with E-state index in [4.69, 9.17) is 11.6 Å². The molecular weight excluding hydrogens is 560 g/mol. The molecule has 0 saturated carbocycles. The summed E-state index contributed by atoms with van der Waals surface area (Å²) in [5.74, 6) is -1.48. The predicted octanol–water partition coefficient (Wildman–Crippen LogP) is 5.42. The maximum absolute atomic E-state index is 15.1. The summed E-state index contributed by atoms with van der Waals surface area (Å²) >= 11 is 6.33. The molecule has 0 atom stereocenters. The van der Waals surface area contributed by atoms with Crippen LogP contribution in [0.2, 0.25) is 4.34 Å². The van der Waals surface area contributed by atoms with E-state index in [1.807, 2.05) is 5.32 Å². The van der Waals surface area contributed by atoms with Gasteiger partial charge in [0.25, 0.3) is 15.6 Å². The lowest BCUT2D eigenvalue weighted by atomic mass is 10.1. The molecule has 194 valence electrons. The second kappa shape index (κ2) is 9.68. The van der Waals surface area contributed by atoms with Gasteiger partial charge in [0.05, 0.1) is 15.6 Å². The molecule has 4 rings (SSSR count). The molecule has 0 aliphatic carbocycles. The Kier molecular flexibility index (Phi) is 6.92. The lowest BCUT2D eigenvalue weighted by Gasteiger charge is -2.18. The molecule has 0 aliphatic rings. The molecule has 2 aromatic heterocycles. The first-order chi connectivity index (χ1) is 17.3. The van der Waals surface area contributed by atoms with Crippen LogP contribution in [0.1, 0.15) is 5.56 Å². The van der Waals surface area contributed by atoms with Gasteiger partial charge < -0.3 is 10.6 Å². The third kappa shape index (κ3) is 5.40. The van der Waals surface area contributed by atoms with Crippen LogP contribution in [0.5, 0.6) is 0 Å². The Morgan fingerprint density at radius 1 is 1.05 bits per heavy atom. The van der Waals surface area contributed by atoms with Crippen molar-refractivity contribution in [3.63, 3.8) is 0 Å². The highest BCUT2D eigenvalue weighted by Crippen LogP contribution is 2.37. The molecule has 2 aromatic carbocycles. The summed E-state index contributed by atoms with van der Waals surface area (Å²) in [6, 6.07) is 7.80. The smallest absolute Gasteiger partial charge is 0.388 e. The average molecular weight is 575 g/mol. The summed E-state index contributed by atoms with van der Waals surface area (Å²) in [5, 5.41) is 5.21. The Balaban J connectivity index is 1.73. The van der Waals surface area contributed by atoms with Crippen LogP contribution >= 0.6 is 22.9 Å². The van der Waals surface area contributed by atoms with Crippen molar-refractivity contribution >= 4 is 61.1 Å². The van der Waals surface area contributed by atoms with Crippen LogP contribution in [0.4, 0.5) is 33.7 Å². The number of thiophene rings is 1. The number of pyridine rings is 1. The fraction of sp³-hybridized carbons (Fsp3) is 0.0909. The fourth-order valence-electron chi connectivity index (χ4n) is 3.48. The van der Waals surface area contributed by atoms with Crippen molar-refractivity contribution in [1.82, 2.24) is 9.29 Å². The van der Waals surface area contributed by atoms with Crippen LogP contribution < -0.4 is 20.9 Å². The van der Waals surface area contributed by atoms with E-state index in [0.717, 1.165) is 12.3 Å². The van der Waals surface area contributed by atoms with Crippen LogP contribution in [0, 0.1) is 5.82 Å².